The van der Waals surface area contributed by atoms with Crippen molar-refractivity contribution in [2.45, 2.75) is 18.6 Å². The Bertz CT molecular complexity index is 671. The molecule has 0 spiro atoms. The lowest BCUT2D eigenvalue weighted by Crippen LogP contribution is -2.50. The van der Waals surface area contributed by atoms with E-state index in [4.69, 9.17) is 14.6 Å². The van der Waals surface area contributed by atoms with Gasteiger partial charge in [-0.25, -0.2) is 0 Å². The standard InChI is InChI=1S/C17H20N2O4/c20-8-10-23-15-6-9-22-11-14(15)19-17(21)13-5-1-3-12-4-2-7-18-16(12)13/h1-5,7,14-15,20H,6,8-11H2,(H,19,21)/t14-,15+/m1/s1. The zero-order chi connectivity index (χ0) is 16.1. The second-order valence-corrected chi connectivity index (χ2v) is 5.46. The van der Waals surface area contributed by atoms with E-state index < -0.39 is 0 Å². The molecule has 6 nitrogen and oxygen atoms in total. The van der Waals surface area contributed by atoms with Gasteiger partial charge < -0.3 is 19.9 Å². The van der Waals surface area contributed by atoms with Gasteiger partial charge in [0, 0.05) is 18.2 Å². The maximum atomic E-state index is 12.6. The van der Waals surface area contributed by atoms with Gasteiger partial charge in [-0.2, -0.15) is 0 Å². The number of rotatable bonds is 5. The molecular formula is C17H20N2O4. The fourth-order valence-corrected chi connectivity index (χ4v) is 2.79. The topological polar surface area (TPSA) is 80.7 Å². The lowest BCUT2D eigenvalue weighted by molar-refractivity contribution is -0.0612. The Hall–Kier alpha value is -2.02. The van der Waals surface area contributed by atoms with Gasteiger partial charge in [-0.15, -0.1) is 0 Å². The monoisotopic (exact) mass is 316 g/mol. The minimum absolute atomic E-state index is 0.0364. The smallest absolute Gasteiger partial charge is 0.253 e. The van der Waals surface area contributed by atoms with Gasteiger partial charge in [0.15, 0.2) is 0 Å². The summed E-state index contributed by atoms with van der Waals surface area (Å²) in [7, 11) is 0. The number of carbonyl (C=O) groups is 1. The van der Waals surface area contributed by atoms with Gasteiger partial charge in [0.05, 0.1) is 43.0 Å². The summed E-state index contributed by atoms with van der Waals surface area (Å²) in [4.78, 5) is 16.9. The minimum Gasteiger partial charge on any atom is -0.394 e. The quantitative estimate of drug-likeness (QED) is 0.864. The first-order chi connectivity index (χ1) is 11.3. The highest BCUT2D eigenvalue weighted by Crippen LogP contribution is 2.17. The van der Waals surface area contributed by atoms with Crippen LogP contribution < -0.4 is 5.32 Å². The molecular weight excluding hydrogens is 296 g/mol. The highest BCUT2D eigenvalue weighted by molar-refractivity contribution is 6.05. The van der Waals surface area contributed by atoms with Crippen LogP contribution in [0.4, 0.5) is 0 Å². The van der Waals surface area contributed by atoms with Crippen LogP contribution in [0.25, 0.3) is 10.9 Å². The van der Waals surface area contributed by atoms with Gasteiger partial charge in [-0.1, -0.05) is 18.2 Å². The van der Waals surface area contributed by atoms with Gasteiger partial charge in [0.25, 0.3) is 5.91 Å². The van der Waals surface area contributed by atoms with E-state index in [1.54, 1.807) is 12.3 Å². The van der Waals surface area contributed by atoms with Crippen LogP contribution in [-0.2, 0) is 9.47 Å². The Morgan fingerprint density at radius 3 is 3.13 bits per heavy atom. The third-order valence-electron chi connectivity index (χ3n) is 3.91. The number of hydrogen-bond acceptors (Lipinski definition) is 5. The highest BCUT2D eigenvalue weighted by Gasteiger charge is 2.28. The number of fused-ring (bicyclic) bond motifs is 1. The van der Waals surface area contributed by atoms with Crippen LogP contribution in [0.15, 0.2) is 36.5 Å². The first-order valence-corrected chi connectivity index (χ1v) is 7.74. The van der Waals surface area contributed by atoms with E-state index in [-0.39, 0.29) is 31.3 Å². The molecule has 2 atom stereocenters. The summed E-state index contributed by atoms with van der Waals surface area (Å²) in [5.41, 5.74) is 1.21. The minimum atomic E-state index is -0.234. The van der Waals surface area contributed by atoms with Crippen molar-refractivity contribution in [1.82, 2.24) is 10.3 Å². The predicted octanol–water partition coefficient (Wildman–Crippen LogP) is 1.13. The molecule has 1 aromatic carbocycles. The van der Waals surface area contributed by atoms with Crippen molar-refractivity contribution in [3.63, 3.8) is 0 Å². The van der Waals surface area contributed by atoms with E-state index in [0.29, 0.717) is 30.7 Å². The average Bonchev–Trinajstić information content (AvgIpc) is 2.60. The molecule has 0 radical (unpaired) electrons. The van der Waals surface area contributed by atoms with Crippen LogP contribution in [-0.4, -0.2) is 54.6 Å². The zero-order valence-corrected chi connectivity index (χ0v) is 12.8. The van der Waals surface area contributed by atoms with E-state index in [1.807, 2.05) is 24.3 Å². The Kier molecular flexibility index (Phi) is 5.17. The van der Waals surface area contributed by atoms with Crippen molar-refractivity contribution in [2.75, 3.05) is 26.4 Å². The molecule has 1 aromatic heterocycles. The average molecular weight is 316 g/mol. The van der Waals surface area contributed by atoms with Crippen molar-refractivity contribution in [1.29, 1.82) is 0 Å². The fourth-order valence-electron chi connectivity index (χ4n) is 2.79. The van der Waals surface area contributed by atoms with Crippen LogP contribution >= 0.6 is 0 Å². The second kappa shape index (κ2) is 7.50. The Morgan fingerprint density at radius 2 is 2.26 bits per heavy atom. The molecule has 1 aliphatic rings. The molecule has 0 saturated carbocycles. The number of nitrogens with zero attached hydrogens (tertiary/aromatic N) is 1. The number of ether oxygens (including phenoxy) is 2. The molecule has 23 heavy (non-hydrogen) atoms. The number of aliphatic hydroxyl groups excluding tert-OH is 1. The van der Waals surface area contributed by atoms with E-state index in [1.165, 1.54) is 0 Å². The summed E-state index contributed by atoms with van der Waals surface area (Å²) in [6.45, 7) is 1.22. The first-order valence-electron chi connectivity index (χ1n) is 7.74. The molecule has 0 aliphatic carbocycles. The Morgan fingerprint density at radius 1 is 1.39 bits per heavy atom. The molecule has 2 heterocycles. The molecule has 0 unspecified atom stereocenters. The number of nitrogens with one attached hydrogen (secondary N) is 1. The summed E-state index contributed by atoms with van der Waals surface area (Å²) >= 11 is 0. The van der Waals surface area contributed by atoms with Crippen LogP contribution in [0.5, 0.6) is 0 Å². The molecule has 1 amide bonds. The molecule has 122 valence electrons. The molecule has 6 heteroatoms. The second-order valence-electron chi connectivity index (χ2n) is 5.46. The number of hydrogen-bond donors (Lipinski definition) is 2. The first kappa shape index (κ1) is 15.9. The van der Waals surface area contributed by atoms with Gasteiger partial charge in [0.1, 0.15) is 0 Å². The number of aromatic nitrogens is 1. The maximum Gasteiger partial charge on any atom is 0.253 e. The van der Waals surface area contributed by atoms with E-state index in [0.717, 1.165) is 5.39 Å². The van der Waals surface area contributed by atoms with Crippen LogP contribution in [0.1, 0.15) is 16.8 Å². The summed E-state index contributed by atoms with van der Waals surface area (Å²) in [5, 5.41) is 12.8. The van der Waals surface area contributed by atoms with E-state index in [9.17, 15) is 4.79 Å². The van der Waals surface area contributed by atoms with E-state index in [2.05, 4.69) is 10.3 Å². The summed E-state index contributed by atoms with van der Waals surface area (Å²) in [6, 6.07) is 9.07. The number of aliphatic hydroxyl groups is 1. The SMILES string of the molecule is O=C(N[C@@H]1COCC[C@@H]1OCCO)c1cccc2cccnc12. The summed E-state index contributed by atoms with van der Waals surface area (Å²) < 4.78 is 11.1. The van der Waals surface area contributed by atoms with Crippen molar-refractivity contribution in [3.8, 4) is 0 Å². The number of carbonyl (C=O) groups excluding carboxylic acids is 1. The fraction of sp³-hybridized carbons (Fsp3) is 0.412. The van der Waals surface area contributed by atoms with Gasteiger partial charge in [-0.05, 0) is 18.6 Å². The molecule has 1 fully saturated rings. The molecule has 2 N–H and O–H groups in total. The van der Waals surface area contributed by atoms with Crippen LogP contribution in [0, 0.1) is 0 Å². The molecule has 0 bridgehead atoms. The lowest BCUT2D eigenvalue weighted by atomic mass is 10.0. The van der Waals surface area contributed by atoms with E-state index >= 15 is 0 Å². The number of para-hydroxylation sites is 1. The molecule has 2 aromatic rings. The summed E-state index contributed by atoms with van der Waals surface area (Å²) in [5.74, 6) is -0.192. The Labute approximate surface area is 134 Å². The molecule has 1 aliphatic heterocycles. The Balaban J connectivity index is 1.76. The van der Waals surface area contributed by atoms with Crippen molar-refractivity contribution < 1.29 is 19.4 Å². The van der Waals surface area contributed by atoms with Gasteiger partial charge in [-0.3, -0.25) is 9.78 Å². The maximum absolute atomic E-state index is 12.6. The van der Waals surface area contributed by atoms with Crippen LogP contribution in [0.3, 0.4) is 0 Å². The molecule has 1 saturated heterocycles. The normalized spacial score (nSPS) is 21.3. The van der Waals surface area contributed by atoms with Crippen molar-refractivity contribution in [3.05, 3.63) is 42.1 Å². The largest absolute Gasteiger partial charge is 0.394 e. The predicted molar refractivity (Wildman–Crippen MR) is 85.3 cm³/mol. The summed E-state index contributed by atoms with van der Waals surface area (Å²) in [6.07, 6.45) is 2.22. The van der Waals surface area contributed by atoms with Crippen molar-refractivity contribution in [2.24, 2.45) is 0 Å². The van der Waals surface area contributed by atoms with Gasteiger partial charge >= 0.3 is 0 Å². The number of pyridine rings is 1. The number of benzene rings is 1. The van der Waals surface area contributed by atoms with Gasteiger partial charge in [0.2, 0.25) is 0 Å². The van der Waals surface area contributed by atoms with Crippen LogP contribution in [0.2, 0.25) is 0 Å². The van der Waals surface area contributed by atoms with Crippen molar-refractivity contribution >= 4 is 16.8 Å². The molecule has 3 rings (SSSR count). The third-order valence-corrected chi connectivity index (χ3v) is 3.91. The zero-order valence-electron chi connectivity index (χ0n) is 12.8. The third kappa shape index (κ3) is 3.67. The number of amides is 1. The highest BCUT2D eigenvalue weighted by atomic mass is 16.5. The lowest BCUT2D eigenvalue weighted by Gasteiger charge is -2.32.